The second-order valence-electron chi connectivity index (χ2n) is 4.39. The van der Waals surface area contributed by atoms with Gasteiger partial charge in [-0.05, 0) is 5.92 Å². The van der Waals surface area contributed by atoms with Crippen molar-refractivity contribution in [2.24, 2.45) is 5.92 Å². The molecule has 0 aliphatic carbocycles. The van der Waals surface area contributed by atoms with Gasteiger partial charge in [-0.2, -0.15) is 0 Å². The fourth-order valence-corrected chi connectivity index (χ4v) is 1.64. The number of nitrogens with zero attached hydrogens (tertiary/aromatic N) is 1. The summed E-state index contributed by atoms with van der Waals surface area (Å²) in [7, 11) is 1.64. The van der Waals surface area contributed by atoms with Crippen LogP contribution in [0.4, 0.5) is 0 Å². The van der Waals surface area contributed by atoms with Gasteiger partial charge in [-0.3, -0.25) is 9.69 Å². The van der Waals surface area contributed by atoms with Crippen molar-refractivity contribution in [1.82, 2.24) is 10.2 Å². The van der Waals surface area contributed by atoms with Crippen molar-refractivity contribution in [3.05, 3.63) is 0 Å². The van der Waals surface area contributed by atoms with E-state index in [1.807, 2.05) is 13.8 Å². The molecule has 4 heteroatoms. The van der Waals surface area contributed by atoms with Gasteiger partial charge in [-0.25, -0.2) is 0 Å². The van der Waals surface area contributed by atoms with Crippen LogP contribution in [0.25, 0.3) is 0 Å². The van der Waals surface area contributed by atoms with Gasteiger partial charge in [0.1, 0.15) is 0 Å². The normalized spacial score (nSPS) is 20.6. The number of hydrogen-bond acceptors (Lipinski definition) is 3. The number of aliphatic hydroxyl groups is 1. The summed E-state index contributed by atoms with van der Waals surface area (Å²) in [6, 6.07) is 0. The van der Waals surface area contributed by atoms with Crippen LogP contribution in [0.3, 0.4) is 0 Å². The first kappa shape index (κ1) is 11.5. The van der Waals surface area contributed by atoms with Crippen molar-refractivity contribution >= 4 is 5.91 Å². The molecule has 1 aliphatic heterocycles. The zero-order chi connectivity index (χ0) is 10.8. The fraction of sp³-hybridized carbons (Fsp3) is 0.900. The van der Waals surface area contributed by atoms with E-state index in [2.05, 4.69) is 10.2 Å². The summed E-state index contributed by atoms with van der Waals surface area (Å²) in [5.74, 6) is 0.351. The Morgan fingerprint density at radius 2 is 2.14 bits per heavy atom. The van der Waals surface area contributed by atoms with Crippen LogP contribution in [-0.4, -0.2) is 48.2 Å². The van der Waals surface area contributed by atoms with Crippen LogP contribution >= 0.6 is 0 Å². The van der Waals surface area contributed by atoms with Crippen molar-refractivity contribution in [3.63, 3.8) is 0 Å². The number of rotatable bonds is 4. The maximum absolute atomic E-state index is 11.0. The second kappa shape index (κ2) is 4.28. The lowest BCUT2D eigenvalue weighted by molar-refractivity contribution is -0.134. The lowest BCUT2D eigenvalue weighted by Crippen LogP contribution is -2.64. The van der Waals surface area contributed by atoms with Crippen molar-refractivity contribution in [3.8, 4) is 0 Å². The predicted molar refractivity (Wildman–Crippen MR) is 54.9 cm³/mol. The quantitative estimate of drug-likeness (QED) is 0.662. The number of amides is 1. The van der Waals surface area contributed by atoms with Gasteiger partial charge in [-0.1, -0.05) is 13.8 Å². The average molecular weight is 200 g/mol. The molecule has 1 aliphatic rings. The molecule has 2 N–H and O–H groups in total. The van der Waals surface area contributed by atoms with E-state index in [1.54, 1.807) is 7.05 Å². The standard InChI is InChI=1S/C10H20N2O2/c1-8(2)10(14)6-12(7-10)5-4-9(13)11-3/h8,14H,4-7H2,1-3H3,(H,11,13). The molecule has 1 fully saturated rings. The zero-order valence-electron chi connectivity index (χ0n) is 9.21. The van der Waals surface area contributed by atoms with Crippen LogP contribution in [0.2, 0.25) is 0 Å². The Morgan fingerprint density at radius 3 is 2.57 bits per heavy atom. The van der Waals surface area contributed by atoms with Gasteiger partial charge >= 0.3 is 0 Å². The van der Waals surface area contributed by atoms with Crippen LogP contribution in [0.5, 0.6) is 0 Å². The molecule has 14 heavy (non-hydrogen) atoms. The Hall–Kier alpha value is -0.610. The number of carbonyl (C=O) groups is 1. The van der Waals surface area contributed by atoms with Gasteiger partial charge in [0.25, 0.3) is 0 Å². The highest BCUT2D eigenvalue weighted by atomic mass is 16.3. The molecular weight excluding hydrogens is 180 g/mol. The predicted octanol–water partition coefficient (Wildman–Crippen LogP) is -0.175. The van der Waals surface area contributed by atoms with Crippen molar-refractivity contribution in [2.45, 2.75) is 25.9 Å². The maximum Gasteiger partial charge on any atom is 0.221 e. The first-order valence-corrected chi connectivity index (χ1v) is 5.13. The summed E-state index contributed by atoms with van der Waals surface area (Å²) in [4.78, 5) is 13.1. The second-order valence-corrected chi connectivity index (χ2v) is 4.39. The van der Waals surface area contributed by atoms with E-state index in [0.717, 1.165) is 6.54 Å². The van der Waals surface area contributed by atoms with Crippen molar-refractivity contribution in [1.29, 1.82) is 0 Å². The Morgan fingerprint density at radius 1 is 1.57 bits per heavy atom. The molecule has 4 nitrogen and oxygen atoms in total. The third-order valence-corrected chi connectivity index (χ3v) is 3.00. The van der Waals surface area contributed by atoms with E-state index in [0.29, 0.717) is 25.4 Å². The molecule has 0 aromatic rings. The summed E-state index contributed by atoms with van der Waals surface area (Å²) in [5, 5.41) is 12.5. The lowest BCUT2D eigenvalue weighted by Gasteiger charge is -2.49. The summed E-state index contributed by atoms with van der Waals surface area (Å²) in [6.07, 6.45) is 0.519. The molecule has 0 unspecified atom stereocenters. The SMILES string of the molecule is CNC(=O)CCN1CC(O)(C(C)C)C1. The van der Waals surface area contributed by atoms with E-state index in [9.17, 15) is 9.90 Å². The molecule has 0 radical (unpaired) electrons. The minimum absolute atomic E-state index is 0.0602. The molecule has 0 bridgehead atoms. The zero-order valence-corrected chi connectivity index (χ0v) is 9.21. The van der Waals surface area contributed by atoms with E-state index < -0.39 is 5.60 Å². The van der Waals surface area contributed by atoms with E-state index in [1.165, 1.54) is 0 Å². The van der Waals surface area contributed by atoms with Crippen molar-refractivity contribution < 1.29 is 9.90 Å². The van der Waals surface area contributed by atoms with Gasteiger partial charge in [-0.15, -0.1) is 0 Å². The van der Waals surface area contributed by atoms with Gasteiger partial charge in [0.15, 0.2) is 0 Å². The van der Waals surface area contributed by atoms with E-state index >= 15 is 0 Å². The van der Waals surface area contributed by atoms with Crippen LogP contribution in [0.15, 0.2) is 0 Å². The fourth-order valence-electron chi connectivity index (χ4n) is 1.64. The number of carbonyl (C=O) groups excluding carboxylic acids is 1. The number of hydrogen-bond donors (Lipinski definition) is 2. The number of nitrogens with one attached hydrogen (secondary N) is 1. The molecule has 1 saturated heterocycles. The van der Waals surface area contributed by atoms with Gasteiger partial charge in [0.2, 0.25) is 5.91 Å². The first-order valence-electron chi connectivity index (χ1n) is 5.13. The highest BCUT2D eigenvalue weighted by molar-refractivity contribution is 5.75. The van der Waals surface area contributed by atoms with E-state index in [4.69, 9.17) is 0 Å². The van der Waals surface area contributed by atoms with Crippen LogP contribution in [0, 0.1) is 5.92 Å². The van der Waals surface area contributed by atoms with E-state index in [-0.39, 0.29) is 5.91 Å². The van der Waals surface area contributed by atoms with Gasteiger partial charge in [0.05, 0.1) is 5.60 Å². The highest BCUT2D eigenvalue weighted by Crippen LogP contribution is 2.28. The third kappa shape index (κ3) is 2.45. The number of β-amino-alcohol motifs (C(OH)–C–C–N with tert-alkyl or cyclic N) is 1. The summed E-state index contributed by atoms with van der Waals surface area (Å²) in [5.41, 5.74) is -0.525. The van der Waals surface area contributed by atoms with Gasteiger partial charge in [0, 0.05) is 33.1 Å². The minimum Gasteiger partial charge on any atom is -0.387 e. The van der Waals surface area contributed by atoms with Crippen molar-refractivity contribution in [2.75, 3.05) is 26.7 Å². The molecule has 0 saturated carbocycles. The average Bonchev–Trinajstić information content (AvgIpc) is 2.09. The summed E-state index contributed by atoms with van der Waals surface area (Å²) in [6.45, 7) is 6.18. The molecule has 1 amide bonds. The topological polar surface area (TPSA) is 52.6 Å². The highest BCUT2D eigenvalue weighted by Gasteiger charge is 2.43. The largest absolute Gasteiger partial charge is 0.387 e. The lowest BCUT2D eigenvalue weighted by atomic mass is 9.83. The van der Waals surface area contributed by atoms with Crippen LogP contribution in [0.1, 0.15) is 20.3 Å². The molecule has 1 rings (SSSR count). The monoisotopic (exact) mass is 200 g/mol. The molecule has 0 aromatic carbocycles. The minimum atomic E-state index is -0.525. The van der Waals surface area contributed by atoms with Gasteiger partial charge < -0.3 is 10.4 Å². The summed E-state index contributed by atoms with van der Waals surface area (Å²) >= 11 is 0. The Bertz CT molecular complexity index is 210. The Labute approximate surface area is 85.3 Å². The third-order valence-electron chi connectivity index (χ3n) is 3.00. The molecule has 0 atom stereocenters. The van der Waals surface area contributed by atoms with Crippen LogP contribution < -0.4 is 5.32 Å². The number of likely N-dealkylation sites (tertiary alicyclic amines) is 1. The van der Waals surface area contributed by atoms with Crippen LogP contribution in [-0.2, 0) is 4.79 Å². The maximum atomic E-state index is 11.0. The molecular formula is C10H20N2O2. The Balaban J connectivity index is 2.19. The Kier molecular flexibility index (Phi) is 3.50. The first-order chi connectivity index (χ1) is 6.48. The molecule has 82 valence electrons. The molecule has 0 spiro atoms. The molecule has 0 aromatic heterocycles. The molecule has 1 heterocycles. The smallest absolute Gasteiger partial charge is 0.221 e. The summed E-state index contributed by atoms with van der Waals surface area (Å²) < 4.78 is 0.